The molecule has 0 bridgehead atoms. The van der Waals surface area contributed by atoms with Gasteiger partial charge in [0.25, 0.3) is 11.6 Å². The second-order valence-corrected chi connectivity index (χ2v) is 9.60. The summed E-state index contributed by atoms with van der Waals surface area (Å²) in [5, 5.41) is 14.6. The van der Waals surface area contributed by atoms with Gasteiger partial charge in [0, 0.05) is 30.5 Å². The molecule has 0 aliphatic carbocycles. The molecule has 1 spiro atoms. The van der Waals surface area contributed by atoms with Crippen LogP contribution in [0.5, 0.6) is 0 Å². The molecule has 4 aliphatic rings. The molecule has 3 fully saturated rings. The van der Waals surface area contributed by atoms with Crippen molar-refractivity contribution in [2.45, 2.75) is 31.3 Å². The zero-order valence-electron chi connectivity index (χ0n) is 17.6. The number of quaternary nitrogens is 1. The lowest BCUT2D eigenvalue weighted by Crippen LogP contribution is -3.19. The summed E-state index contributed by atoms with van der Waals surface area (Å²) in [6, 6.07) is 9.19. The first kappa shape index (κ1) is 20.3. The Hall–Kier alpha value is -3.30. The van der Waals surface area contributed by atoms with Crippen LogP contribution in [-0.4, -0.2) is 35.2 Å². The minimum absolute atomic E-state index is 0.189. The highest BCUT2D eigenvalue weighted by Gasteiger charge is 2.78. The Labute approximate surface area is 193 Å². The fourth-order valence-corrected chi connectivity index (χ4v) is 6.86. The Bertz CT molecular complexity index is 1300. The highest BCUT2D eigenvalue weighted by molar-refractivity contribution is 6.35. The molecule has 0 radical (unpaired) electrons. The Morgan fingerprint density at radius 3 is 2.76 bits per heavy atom. The maximum absolute atomic E-state index is 14.0. The summed E-state index contributed by atoms with van der Waals surface area (Å²) in [5.74, 6) is -2.77. The minimum atomic E-state index is -1.25. The summed E-state index contributed by atoms with van der Waals surface area (Å²) in [7, 11) is 0. The van der Waals surface area contributed by atoms with Gasteiger partial charge in [0.15, 0.2) is 0 Å². The summed E-state index contributed by atoms with van der Waals surface area (Å²) in [4.78, 5) is 54.2. The number of rotatable bonds is 2. The zero-order valence-corrected chi connectivity index (χ0v) is 18.4. The standard InChI is InChI=1S/C23H19ClN4O5/c1-11-7-8-12(28(32)33)10-16(11)27-20(29)17-15-6-3-9-26(15)23(18(17)21(27)30)13-4-2-5-14(24)19(13)25-22(23)31/h2,4-5,7-8,10,15,17-18H,3,6,9H2,1H3,(H,25,31)/p+1/t15-,17+,18+,23-/m1/s1. The Morgan fingerprint density at radius 2 is 2.00 bits per heavy atom. The second kappa shape index (κ2) is 6.61. The number of hydrogen-bond donors (Lipinski definition) is 2. The lowest BCUT2D eigenvalue weighted by Gasteiger charge is -2.33. The van der Waals surface area contributed by atoms with Crippen LogP contribution in [0.4, 0.5) is 17.1 Å². The number of anilines is 2. The molecule has 3 amide bonds. The molecule has 1 unspecified atom stereocenters. The van der Waals surface area contributed by atoms with Gasteiger partial charge in [-0.25, -0.2) is 4.90 Å². The van der Waals surface area contributed by atoms with Gasteiger partial charge in [0.05, 0.1) is 27.9 Å². The van der Waals surface area contributed by atoms with Crippen molar-refractivity contribution >= 4 is 46.4 Å². The van der Waals surface area contributed by atoms with Crippen LogP contribution in [0.25, 0.3) is 0 Å². The van der Waals surface area contributed by atoms with Crippen molar-refractivity contribution in [3.8, 4) is 0 Å². The van der Waals surface area contributed by atoms with Crippen molar-refractivity contribution in [3.05, 3.63) is 62.7 Å². The molecule has 10 heteroatoms. The maximum atomic E-state index is 14.0. The molecule has 4 aliphatic heterocycles. The number of nitro benzene ring substituents is 1. The third-order valence-corrected chi connectivity index (χ3v) is 8.16. The molecule has 3 saturated heterocycles. The van der Waals surface area contributed by atoms with E-state index in [1.165, 1.54) is 18.2 Å². The number of carbonyl (C=O) groups excluding carboxylic acids is 3. The van der Waals surface area contributed by atoms with E-state index in [1.54, 1.807) is 19.1 Å². The van der Waals surface area contributed by atoms with Crippen molar-refractivity contribution in [3.63, 3.8) is 0 Å². The molecule has 4 heterocycles. The SMILES string of the molecule is Cc1ccc([N+](=O)[O-])cc1N1C(=O)[C@H]2[C@H]3CCC[NH+]3[C@@]3(C(=O)Nc4c(Cl)cccc43)[C@@H]2C1=O. The van der Waals surface area contributed by atoms with Crippen molar-refractivity contribution in [1.82, 2.24) is 0 Å². The molecular formula is C23H20ClN4O5+. The lowest BCUT2D eigenvalue weighted by molar-refractivity contribution is -0.948. The smallest absolute Gasteiger partial charge is 0.291 e. The average molecular weight is 468 g/mol. The van der Waals surface area contributed by atoms with Gasteiger partial charge in [-0.15, -0.1) is 0 Å². The van der Waals surface area contributed by atoms with Crippen molar-refractivity contribution in [1.29, 1.82) is 0 Å². The van der Waals surface area contributed by atoms with Crippen LogP contribution in [0.15, 0.2) is 36.4 Å². The zero-order chi connectivity index (χ0) is 23.2. The molecule has 5 atom stereocenters. The number of carbonyl (C=O) groups is 3. The molecule has 6 rings (SSSR count). The topological polar surface area (TPSA) is 114 Å². The van der Waals surface area contributed by atoms with Crippen LogP contribution in [-0.2, 0) is 19.9 Å². The number of para-hydroxylation sites is 1. The normalized spacial score (nSPS) is 31.7. The van der Waals surface area contributed by atoms with E-state index in [9.17, 15) is 24.5 Å². The number of aryl methyl sites for hydroxylation is 1. The number of nitrogens with one attached hydrogen (secondary N) is 2. The number of non-ortho nitro benzene ring substituents is 1. The van der Waals surface area contributed by atoms with E-state index in [0.717, 1.165) is 22.6 Å². The predicted molar refractivity (Wildman–Crippen MR) is 118 cm³/mol. The summed E-state index contributed by atoms with van der Waals surface area (Å²) < 4.78 is 0. The number of amides is 3. The van der Waals surface area contributed by atoms with Crippen LogP contribution in [0.1, 0.15) is 24.0 Å². The van der Waals surface area contributed by atoms with Crippen molar-refractivity contribution in [2.75, 3.05) is 16.8 Å². The number of halogens is 1. The van der Waals surface area contributed by atoms with Gasteiger partial charge in [0.1, 0.15) is 17.9 Å². The molecule has 0 saturated carbocycles. The number of imide groups is 1. The monoisotopic (exact) mass is 467 g/mol. The summed E-state index contributed by atoms with van der Waals surface area (Å²) in [5.41, 5.74) is 0.467. The summed E-state index contributed by atoms with van der Waals surface area (Å²) in [6.45, 7) is 2.38. The largest absolute Gasteiger partial charge is 0.318 e. The highest BCUT2D eigenvalue weighted by Crippen LogP contribution is 2.53. The molecule has 2 N–H and O–H groups in total. The van der Waals surface area contributed by atoms with E-state index >= 15 is 0 Å². The van der Waals surface area contributed by atoms with Crippen LogP contribution in [0, 0.1) is 28.9 Å². The van der Waals surface area contributed by atoms with E-state index in [1.807, 2.05) is 6.07 Å². The molecule has 9 nitrogen and oxygen atoms in total. The first-order valence-electron chi connectivity index (χ1n) is 10.9. The minimum Gasteiger partial charge on any atom is -0.318 e. The second-order valence-electron chi connectivity index (χ2n) is 9.19. The maximum Gasteiger partial charge on any atom is 0.291 e. The van der Waals surface area contributed by atoms with Gasteiger partial charge in [-0.1, -0.05) is 23.7 Å². The molecule has 2 aromatic carbocycles. The molecule has 168 valence electrons. The van der Waals surface area contributed by atoms with Gasteiger partial charge in [-0.05, 0) is 24.6 Å². The highest BCUT2D eigenvalue weighted by atomic mass is 35.5. The first-order chi connectivity index (χ1) is 15.8. The van der Waals surface area contributed by atoms with Gasteiger partial charge in [-0.2, -0.15) is 0 Å². The van der Waals surface area contributed by atoms with Gasteiger partial charge < -0.3 is 10.2 Å². The fourth-order valence-electron chi connectivity index (χ4n) is 6.64. The number of nitrogens with zero attached hydrogens (tertiary/aromatic N) is 2. The third kappa shape index (κ3) is 2.33. The molecule has 33 heavy (non-hydrogen) atoms. The number of fused-ring (bicyclic) bond motifs is 7. The lowest BCUT2D eigenvalue weighted by atomic mass is 9.75. The van der Waals surface area contributed by atoms with Crippen LogP contribution < -0.4 is 15.1 Å². The fraction of sp³-hybridized carbons (Fsp3) is 0.348. The number of nitro groups is 1. The Morgan fingerprint density at radius 1 is 1.21 bits per heavy atom. The quantitative estimate of drug-likeness (QED) is 0.395. The van der Waals surface area contributed by atoms with Crippen molar-refractivity contribution in [2.24, 2.45) is 11.8 Å². The number of benzene rings is 2. The average Bonchev–Trinajstić information content (AvgIpc) is 3.48. The molecular weight excluding hydrogens is 448 g/mol. The van der Waals surface area contributed by atoms with E-state index in [-0.39, 0.29) is 23.3 Å². The third-order valence-electron chi connectivity index (χ3n) is 7.85. The number of hydrogen-bond acceptors (Lipinski definition) is 5. The van der Waals surface area contributed by atoms with E-state index in [2.05, 4.69) is 5.32 Å². The van der Waals surface area contributed by atoms with Gasteiger partial charge >= 0.3 is 0 Å². The van der Waals surface area contributed by atoms with E-state index < -0.39 is 34.1 Å². The first-order valence-corrected chi connectivity index (χ1v) is 11.3. The molecule has 0 aromatic heterocycles. The van der Waals surface area contributed by atoms with Crippen molar-refractivity contribution < 1.29 is 24.2 Å². The molecule has 2 aromatic rings. The van der Waals surface area contributed by atoms with Crippen LogP contribution in [0.3, 0.4) is 0 Å². The predicted octanol–water partition coefficient (Wildman–Crippen LogP) is 1.57. The van der Waals surface area contributed by atoms with Gasteiger partial charge in [0.2, 0.25) is 17.4 Å². The van der Waals surface area contributed by atoms with Crippen LogP contribution in [0.2, 0.25) is 5.02 Å². The summed E-state index contributed by atoms with van der Waals surface area (Å²) >= 11 is 6.39. The van der Waals surface area contributed by atoms with E-state index in [0.29, 0.717) is 28.4 Å². The Balaban J connectivity index is 1.56. The van der Waals surface area contributed by atoms with E-state index in [4.69, 9.17) is 11.6 Å². The summed E-state index contributed by atoms with van der Waals surface area (Å²) in [6.07, 6.45) is 1.56. The Kier molecular flexibility index (Phi) is 4.07. The van der Waals surface area contributed by atoms with Gasteiger partial charge in [-0.3, -0.25) is 24.5 Å². The van der Waals surface area contributed by atoms with Crippen LogP contribution >= 0.6 is 11.6 Å².